The number of ether oxygens (including phenoxy) is 6. The molecule has 0 bridgehead atoms. The minimum absolute atomic E-state index is 0.0158. The maximum atomic E-state index is 14.2. The standard InChI is InChI=1S/C66H90N14O16/c1-8-95-62-75-57(67)56-58(76-62)80(63(87)74-56)40-46-18-13-44(37-51(46)91-7)39-79(65(89)90)50(45-16-11-43(12-17-45)38-77-27-23-48(24-28-77)71-64(88)96-66(4,5)6)36-42-14-19-47(20-15-42)70-59(84)49(10-9-26-69-61(68)86)72-60(85)55(41(2)3)73-52(81)25-30-92-32-34-94-35-33-93-31-29-78-53(82)21-22-54(78)83/h11-22,37,41,48-50,55H,8-10,23-36,38-40H2,1-7H3,(H,70,84)(H,71,88)(H,72,85)(H,73,81)(H,74,87)(H,89,90)(H2,67,75,76)(H3,68,69,86)/t49-,50?,55-/m0/s1. The zero-order valence-electron chi connectivity index (χ0n) is 55.4. The van der Waals surface area contributed by atoms with Gasteiger partial charge < -0.3 is 76.7 Å². The highest BCUT2D eigenvalue weighted by Gasteiger charge is 2.32. The smallest absolute Gasteiger partial charge is 0.408 e. The molecule has 520 valence electrons. The summed E-state index contributed by atoms with van der Waals surface area (Å²) >= 11 is 0. The molecule has 0 radical (unpaired) electrons. The molecule has 1 saturated heterocycles. The van der Waals surface area contributed by atoms with Crippen LogP contribution in [-0.2, 0) is 69.0 Å². The number of nitrogens with one attached hydrogen (secondary N) is 5. The average Bonchev–Trinajstić information content (AvgIpc) is 1.57. The number of nitrogens with zero attached hydrogens (tertiary/aromatic N) is 7. The second-order valence-corrected chi connectivity index (χ2v) is 24.4. The number of nitrogens with two attached hydrogens (primary N) is 2. The lowest BCUT2D eigenvalue weighted by Crippen LogP contribution is -2.54. The molecule has 30 heteroatoms. The van der Waals surface area contributed by atoms with E-state index in [9.17, 15) is 48.6 Å². The van der Waals surface area contributed by atoms with Crippen molar-refractivity contribution in [3.63, 3.8) is 0 Å². The highest BCUT2D eigenvalue weighted by Crippen LogP contribution is 2.33. The molecule has 11 N–H and O–H groups in total. The van der Waals surface area contributed by atoms with E-state index in [1.54, 1.807) is 63.2 Å². The number of nitrogen functional groups attached to an aromatic ring is 1. The number of primary amides is 1. The van der Waals surface area contributed by atoms with Crippen LogP contribution in [0.25, 0.3) is 11.2 Å². The molecule has 4 heterocycles. The Labute approximate surface area is 557 Å². The fraction of sp³-hybridized carbons (Fsp3) is 0.500. The molecule has 3 atom stereocenters. The van der Waals surface area contributed by atoms with Crippen LogP contribution in [0.2, 0.25) is 0 Å². The zero-order valence-corrected chi connectivity index (χ0v) is 55.4. The number of benzene rings is 3. The number of amides is 9. The first-order chi connectivity index (χ1) is 45.9. The molecule has 1 unspecified atom stereocenters. The third-order valence-corrected chi connectivity index (χ3v) is 15.7. The monoisotopic (exact) mass is 1330 g/mol. The van der Waals surface area contributed by atoms with Crippen molar-refractivity contribution in [3.8, 4) is 17.8 Å². The molecule has 30 nitrogen and oxygen atoms in total. The number of imidazole rings is 1. The maximum absolute atomic E-state index is 14.2. The van der Waals surface area contributed by atoms with Gasteiger partial charge in [0.1, 0.15) is 23.4 Å². The van der Waals surface area contributed by atoms with Gasteiger partial charge in [0, 0.05) is 68.6 Å². The van der Waals surface area contributed by atoms with E-state index in [1.165, 1.54) is 28.7 Å². The van der Waals surface area contributed by atoms with E-state index in [0.717, 1.165) is 42.0 Å². The van der Waals surface area contributed by atoms with Crippen LogP contribution >= 0.6 is 0 Å². The summed E-state index contributed by atoms with van der Waals surface area (Å²) in [7, 11) is 1.49. The van der Waals surface area contributed by atoms with Gasteiger partial charge in [0.05, 0.1) is 72.5 Å². The minimum atomic E-state index is -1.20. The Balaban J connectivity index is 1.01. The van der Waals surface area contributed by atoms with Gasteiger partial charge in [0.15, 0.2) is 17.0 Å². The molecule has 0 aliphatic carbocycles. The van der Waals surface area contributed by atoms with Gasteiger partial charge in [-0.3, -0.25) is 43.2 Å². The second kappa shape index (κ2) is 35.7. The molecule has 0 saturated carbocycles. The number of urea groups is 1. The summed E-state index contributed by atoms with van der Waals surface area (Å²) in [6, 6.07) is 15.9. The van der Waals surface area contributed by atoms with Gasteiger partial charge in [-0.15, -0.1) is 0 Å². The lowest BCUT2D eigenvalue weighted by molar-refractivity contribution is -0.137. The van der Waals surface area contributed by atoms with Crippen molar-refractivity contribution in [2.24, 2.45) is 11.7 Å². The molecule has 2 aliphatic rings. The largest absolute Gasteiger partial charge is 0.496 e. The van der Waals surface area contributed by atoms with Gasteiger partial charge in [-0.2, -0.15) is 15.0 Å². The SMILES string of the molecule is CCOc1nc(N)c2nc(O)n(Cc3ccc(CN(C(=O)O)C(Cc4ccc(NC(=O)[C@H](CCCNC(N)=O)NC(=O)[C@@H](NC(=O)CCOCCOCCOCCN5C(=O)C=CC5=O)C(C)C)cc4)c4ccc(CN5CCC(NC(=O)OC(C)(C)C)CC5)cc4)cc3OC)c2n1. The quantitative estimate of drug-likeness (QED) is 0.0190. The van der Waals surface area contributed by atoms with E-state index < -0.39 is 65.6 Å². The fourth-order valence-corrected chi connectivity index (χ4v) is 10.8. The van der Waals surface area contributed by atoms with Gasteiger partial charge in [0.2, 0.25) is 17.7 Å². The highest BCUT2D eigenvalue weighted by atomic mass is 16.6. The van der Waals surface area contributed by atoms with Gasteiger partial charge in [-0.1, -0.05) is 62.4 Å². The van der Waals surface area contributed by atoms with Gasteiger partial charge in [-0.05, 0) is 106 Å². The molecular formula is C66H90N14O16. The van der Waals surface area contributed by atoms with Crippen LogP contribution in [0.1, 0.15) is 108 Å². The van der Waals surface area contributed by atoms with Crippen LogP contribution in [0.3, 0.4) is 0 Å². The van der Waals surface area contributed by atoms with Crippen LogP contribution in [0.4, 0.5) is 25.9 Å². The Morgan fingerprint density at radius 3 is 2.07 bits per heavy atom. The number of aromatic nitrogens is 4. The van der Waals surface area contributed by atoms with Crippen molar-refractivity contribution in [2.75, 3.05) is 90.6 Å². The maximum Gasteiger partial charge on any atom is 0.408 e. The lowest BCUT2D eigenvalue weighted by atomic mass is 9.95. The van der Waals surface area contributed by atoms with Crippen molar-refractivity contribution >= 4 is 70.4 Å². The number of carbonyl (C=O) groups is 8. The van der Waals surface area contributed by atoms with Gasteiger partial charge in [0.25, 0.3) is 17.8 Å². The van der Waals surface area contributed by atoms with Crippen LogP contribution in [0.15, 0.2) is 78.9 Å². The van der Waals surface area contributed by atoms with Crippen molar-refractivity contribution in [1.82, 2.24) is 55.5 Å². The topological polar surface area (TPSA) is 398 Å². The van der Waals surface area contributed by atoms with Crippen LogP contribution in [-0.4, -0.2) is 195 Å². The number of aromatic hydroxyl groups is 1. The molecule has 9 amide bonds. The second-order valence-electron chi connectivity index (χ2n) is 24.4. The summed E-state index contributed by atoms with van der Waals surface area (Å²) < 4.78 is 34.7. The molecular weight excluding hydrogens is 1240 g/mol. The van der Waals surface area contributed by atoms with E-state index in [-0.39, 0.29) is 145 Å². The number of carboxylic acid groups (broad SMARTS) is 1. The summed E-state index contributed by atoms with van der Waals surface area (Å²) in [5.41, 5.74) is 15.3. The van der Waals surface area contributed by atoms with E-state index in [1.807, 2.05) is 45.0 Å². The number of hydrogen-bond donors (Lipinski definition) is 9. The first-order valence-corrected chi connectivity index (χ1v) is 32.0. The third kappa shape index (κ3) is 22.5. The Bertz CT molecular complexity index is 3480. The molecule has 7 rings (SSSR count). The predicted octanol–water partition coefficient (Wildman–Crippen LogP) is 4.90. The van der Waals surface area contributed by atoms with Crippen molar-refractivity contribution in [2.45, 2.75) is 129 Å². The summed E-state index contributed by atoms with van der Waals surface area (Å²) in [5.74, 6) is -2.40. The number of rotatable bonds is 36. The van der Waals surface area contributed by atoms with Crippen LogP contribution in [0, 0.1) is 5.92 Å². The number of imide groups is 1. The van der Waals surface area contributed by atoms with Crippen LogP contribution in [0.5, 0.6) is 17.8 Å². The fourth-order valence-electron chi connectivity index (χ4n) is 10.8. The van der Waals surface area contributed by atoms with E-state index >= 15 is 0 Å². The van der Waals surface area contributed by atoms with E-state index in [2.05, 4.69) is 46.4 Å². The number of anilines is 2. The Hall–Kier alpha value is -9.65. The van der Waals surface area contributed by atoms with Crippen molar-refractivity contribution in [3.05, 3.63) is 107 Å². The minimum Gasteiger partial charge on any atom is -0.496 e. The number of carbonyl (C=O) groups excluding carboxylic acids is 7. The van der Waals surface area contributed by atoms with Gasteiger partial charge >= 0.3 is 24.2 Å². The zero-order chi connectivity index (χ0) is 69.5. The van der Waals surface area contributed by atoms with Crippen molar-refractivity contribution in [1.29, 1.82) is 0 Å². The molecule has 2 aromatic heterocycles. The number of alkyl carbamates (subject to hydrolysis) is 1. The summed E-state index contributed by atoms with van der Waals surface area (Å²) in [4.78, 5) is 120. The Morgan fingerprint density at radius 2 is 1.45 bits per heavy atom. The molecule has 2 aliphatic heterocycles. The van der Waals surface area contributed by atoms with Gasteiger partial charge in [-0.25, -0.2) is 14.4 Å². The van der Waals surface area contributed by atoms with E-state index in [4.69, 9.17) is 39.9 Å². The number of piperidine rings is 1. The number of hydrogen-bond acceptors (Lipinski definition) is 20. The third-order valence-electron chi connectivity index (χ3n) is 15.7. The van der Waals surface area contributed by atoms with Crippen LogP contribution < -0.4 is 47.5 Å². The predicted molar refractivity (Wildman–Crippen MR) is 352 cm³/mol. The Kier molecular flexibility index (Phi) is 27.5. The molecule has 1 fully saturated rings. The molecule has 96 heavy (non-hydrogen) atoms. The normalized spacial score (nSPS) is 14.5. The van der Waals surface area contributed by atoms with Crippen molar-refractivity contribution < 1.29 is 77.0 Å². The number of likely N-dealkylation sites (tertiary alicyclic amines) is 1. The molecule has 0 spiro atoms. The highest BCUT2D eigenvalue weighted by molar-refractivity contribution is 6.12. The summed E-state index contributed by atoms with van der Waals surface area (Å²) in [6.45, 7) is 14.4. The first-order valence-electron chi connectivity index (χ1n) is 32.0. The summed E-state index contributed by atoms with van der Waals surface area (Å²) in [5, 5.41) is 36.0. The first kappa shape index (κ1) is 73.8. The number of methoxy groups -OCH3 is 1. The lowest BCUT2D eigenvalue weighted by Gasteiger charge is -2.33. The molecule has 5 aromatic rings. The Morgan fingerprint density at radius 1 is 0.802 bits per heavy atom. The van der Waals surface area contributed by atoms with E-state index in [0.29, 0.717) is 34.7 Å². The average molecular weight is 1340 g/mol. The number of fused-ring (bicyclic) bond motifs is 1. The summed E-state index contributed by atoms with van der Waals surface area (Å²) in [6.07, 6.45) is 2.70. The molecule has 3 aromatic carbocycles.